The summed E-state index contributed by atoms with van der Waals surface area (Å²) in [5.41, 5.74) is 2.01. The molecule has 4 heteroatoms. The Kier molecular flexibility index (Phi) is 7.17. The summed E-state index contributed by atoms with van der Waals surface area (Å²) >= 11 is 1.78. The van der Waals surface area contributed by atoms with Crippen molar-refractivity contribution in [2.75, 3.05) is 13.1 Å². The van der Waals surface area contributed by atoms with E-state index in [-0.39, 0.29) is 11.9 Å². The van der Waals surface area contributed by atoms with Gasteiger partial charge < -0.3 is 10.6 Å². The van der Waals surface area contributed by atoms with Crippen LogP contribution in [0.25, 0.3) is 0 Å². The number of hydrogen-bond donors (Lipinski definition) is 2. The van der Waals surface area contributed by atoms with Gasteiger partial charge >= 0.3 is 0 Å². The first-order chi connectivity index (χ1) is 11.2. The number of hydrogen-bond acceptors (Lipinski definition) is 3. The summed E-state index contributed by atoms with van der Waals surface area (Å²) in [5, 5.41) is 6.23. The van der Waals surface area contributed by atoms with Gasteiger partial charge in [-0.15, -0.1) is 11.8 Å². The average Bonchev–Trinajstić information content (AvgIpc) is 2.59. The molecule has 0 aliphatic rings. The summed E-state index contributed by atoms with van der Waals surface area (Å²) in [6, 6.07) is 18.5. The Hall–Kier alpha value is -1.78. The second-order valence-electron chi connectivity index (χ2n) is 5.47. The summed E-state index contributed by atoms with van der Waals surface area (Å²) < 4.78 is 0. The number of rotatable bonds is 8. The number of benzene rings is 2. The van der Waals surface area contributed by atoms with Crippen molar-refractivity contribution in [3.8, 4) is 0 Å². The van der Waals surface area contributed by atoms with Gasteiger partial charge in [-0.1, -0.05) is 37.3 Å². The van der Waals surface area contributed by atoms with Gasteiger partial charge in [0.25, 0.3) is 5.91 Å². The van der Waals surface area contributed by atoms with Crippen molar-refractivity contribution in [2.45, 2.75) is 30.5 Å². The molecular weight excluding hydrogens is 304 g/mol. The largest absolute Gasteiger partial charge is 0.350 e. The van der Waals surface area contributed by atoms with E-state index >= 15 is 0 Å². The summed E-state index contributed by atoms with van der Waals surface area (Å²) in [6.07, 6.45) is 0. The van der Waals surface area contributed by atoms with E-state index in [9.17, 15) is 4.79 Å². The lowest BCUT2D eigenvalue weighted by molar-refractivity contribution is 0.0950. The molecule has 0 unspecified atom stereocenters. The third kappa shape index (κ3) is 6.08. The van der Waals surface area contributed by atoms with Crippen molar-refractivity contribution in [3.05, 3.63) is 65.7 Å². The van der Waals surface area contributed by atoms with E-state index in [4.69, 9.17) is 0 Å². The second-order valence-corrected chi connectivity index (χ2v) is 6.52. The molecule has 0 radical (unpaired) electrons. The molecule has 2 aromatic rings. The van der Waals surface area contributed by atoms with Crippen molar-refractivity contribution in [3.63, 3.8) is 0 Å². The Morgan fingerprint density at radius 1 is 1.09 bits per heavy atom. The monoisotopic (exact) mass is 328 g/mol. The van der Waals surface area contributed by atoms with E-state index in [1.807, 2.05) is 30.3 Å². The van der Waals surface area contributed by atoms with E-state index in [2.05, 4.69) is 48.7 Å². The third-order valence-electron chi connectivity index (χ3n) is 3.49. The van der Waals surface area contributed by atoms with Crippen LogP contribution in [-0.2, 0) is 5.75 Å². The molecule has 0 bridgehead atoms. The van der Waals surface area contributed by atoms with Gasteiger partial charge in [-0.2, -0.15) is 0 Å². The molecule has 122 valence electrons. The van der Waals surface area contributed by atoms with E-state index < -0.39 is 0 Å². The Morgan fingerprint density at radius 3 is 2.43 bits per heavy atom. The molecule has 0 heterocycles. The molecule has 2 N–H and O–H groups in total. The van der Waals surface area contributed by atoms with Gasteiger partial charge in [0.2, 0.25) is 0 Å². The Labute approximate surface area is 142 Å². The van der Waals surface area contributed by atoms with Gasteiger partial charge in [-0.25, -0.2) is 0 Å². The lowest BCUT2D eigenvalue weighted by atomic mass is 10.2. The van der Waals surface area contributed by atoms with Crippen LogP contribution in [0.1, 0.15) is 29.8 Å². The molecule has 0 saturated heterocycles. The summed E-state index contributed by atoms with van der Waals surface area (Å²) in [6.45, 7) is 5.67. The molecular formula is C19H24N2OS. The highest BCUT2D eigenvalue weighted by Crippen LogP contribution is 2.22. The first kappa shape index (κ1) is 17.6. The van der Waals surface area contributed by atoms with E-state index in [0.29, 0.717) is 12.1 Å². The van der Waals surface area contributed by atoms with Crippen LogP contribution in [0.3, 0.4) is 0 Å². The van der Waals surface area contributed by atoms with Crippen LogP contribution in [-0.4, -0.2) is 25.0 Å². The first-order valence-electron chi connectivity index (χ1n) is 7.97. The minimum atomic E-state index is -0.0191. The quantitative estimate of drug-likeness (QED) is 0.726. The molecule has 0 aliphatic carbocycles. The average molecular weight is 328 g/mol. The van der Waals surface area contributed by atoms with Crippen LogP contribution in [0.5, 0.6) is 0 Å². The second kappa shape index (κ2) is 9.38. The summed E-state index contributed by atoms with van der Waals surface area (Å²) in [4.78, 5) is 13.3. The van der Waals surface area contributed by atoms with Crippen LogP contribution in [0.15, 0.2) is 59.5 Å². The van der Waals surface area contributed by atoms with E-state index in [0.717, 1.165) is 12.3 Å². The molecule has 3 nitrogen and oxygen atoms in total. The fourth-order valence-corrected chi connectivity index (χ4v) is 3.07. The highest BCUT2D eigenvalue weighted by Gasteiger charge is 2.07. The van der Waals surface area contributed by atoms with E-state index in [1.165, 1.54) is 10.5 Å². The minimum absolute atomic E-state index is 0.0191. The Morgan fingerprint density at radius 2 is 1.78 bits per heavy atom. The van der Waals surface area contributed by atoms with Crippen molar-refractivity contribution in [1.82, 2.24) is 10.6 Å². The fraction of sp³-hybridized carbons (Fsp3) is 0.316. The maximum atomic E-state index is 12.1. The number of carbonyl (C=O) groups excluding carboxylic acids is 1. The summed E-state index contributed by atoms with van der Waals surface area (Å²) in [5.74, 6) is 0.918. The molecule has 0 saturated carbocycles. The first-order valence-corrected chi connectivity index (χ1v) is 8.96. The molecule has 23 heavy (non-hydrogen) atoms. The normalized spacial score (nSPS) is 11.9. The Bertz CT molecular complexity index is 599. The van der Waals surface area contributed by atoms with Crippen molar-refractivity contribution in [2.24, 2.45) is 0 Å². The van der Waals surface area contributed by atoms with Crippen LogP contribution in [0.4, 0.5) is 0 Å². The smallest absolute Gasteiger partial charge is 0.251 e. The maximum absolute atomic E-state index is 12.1. The van der Waals surface area contributed by atoms with Crippen LogP contribution >= 0.6 is 11.8 Å². The van der Waals surface area contributed by atoms with Gasteiger partial charge in [0.15, 0.2) is 0 Å². The maximum Gasteiger partial charge on any atom is 0.251 e. The highest BCUT2D eigenvalue weighted by atomic mass is 32.2. The molecule has 1 atom stereocenters. The van der Waals surface area contributed by atoms with Gasteiger partial charge in [-0.3, -0.25) is 4.79 Å². The number of nitrogens with one attached hydrogen (secondary N) is 2. The van der Waals surface area contributed by atoms with Crippen molar-refractivity contribution >= 4 is 17.7 Å². The van der Waals surface area contributed by atoms with E-state index in [1.54, 1.807) is 11.8 Å². The standard InChI is InChI=1S/C19H24N2OS/c1-3-20-15(2)13-21-19(22)17-9-11-18(12-10-17)23-14-16-7-5-4-6-8-16/h4-12,15,20H,3,13-14H2,1-2H3,(H,21,22)/t15-/m1/s1. The molecule has 0 aliphatic heterocycles. The predicted octanol–water partition coefficient (Wildman–Crippen LogP) is 3.71. The minimum Gasteiger partial charge on any atom is -0.350 e. The van der Waals surface area contributed by atoms with Crippen LogP contribution < -0.4 is 10.6 Å². The third-order valence-corrected chi connectivity index (χ3v) is 4.57. The summed E-state index contributed by atoms with van der Waals surface area (Å²) in [7, 11) is 0. The molecule has 0 aromatic heterocycles. The van der Waals surface area contributed by atoms with Gasteiger partial charge in [-0.05, 0) is 43.3 Å². The number of thioether (sulfide) groups is 1. The van der Waals surface area contributed by atoms with Crippen LogP contribution in [0.2, 0.25) is 0 Å². The topological polar surface area (TPSA) is 41.1 Å². The predicted molar refractivity (Wildman–Crippen MR) is 97.9 cm³/mol. The Balaban J connectivity index is 1.82. The molecule has 1 amide bonds. The zero-order chi connectivity index (χ0) is 16.5. The number of carbonyl (C=O) groups is 1. The van der Waals surface area contributed by atoms with Crippen molar-refractivity contribution in [1.29, 1.82) is 0 Å². The van der Waals surface area contributed by atoms with Gasteiger partial charge in [0, 0.05) is 28.8 Å². The van der Waals surface area contributed by atoms with Crippen LogP contribution in [0, 0.1) is 0 Å². The zero-order valence-electron chi connectivity index (χ0n) is 13.7. The lowest BCUT2D eigenvalue weighted by Crippen LogP contribution is -2.38. The lowest BCUT2D eigenvalue weighted by Gasteiger charge is -2.13. The van der Waals surface area contributed by atoms with Crippen molar-refractivity contribution < 1.29 is 4.79 Å². The molecule has 0 spiro atoms. The number of amides is 1. The zero-order valence-corrected chi connectivity index (χ0v) is 14.5. The number of likely N-dealkylation sites (N-methyl/N-ethyl adjacent to an activating group) is 1. The molecule has 2 rings (SSSR count). The van der Waals surface area contributed by atoms with Gasteiger partial charge in [0.05, 0.1) is 0 Å². The SMILES string of the molecule is CCN[C@H](C)CNC(=O)c1ccc(SCc2ccccc2)cc1. The highest BCUT2D eigenvalue weighted by molar-refractivity contribution is 7.98. The fourth-order valence-electron chi connectivity index (χ4n) is 2.21. The van der Waals surface area contributed by atoms with Gasteiger partial charge in [0.1, 0.15) is 0 Å². The molecule has 0 fully saturated rings. The molecule has 2 aromatic carbocycles.